The zero-order chi connectivity index (χ0) is 19.9. The van der Waals surface area contributed by atoms with E-state index in [-0.39, 0.29) is 6.03 Å². The summed E-state index contributed by atoms with van der Waals surface area (Å²) in [6, 6.07) is 6.51. The number of rotatable bonds is 6. The Morgan fingerprint density at radius 2 is 1.89 bits per heavy atom. The molecule has 152 valence electrons. The summed E-state index contributed by atoms with van der Waals surface area (Å²) in [6.45, 7) is 4.83. The lowest BCUT2D eigenvalue weighted by Crippen LogP contribution is -2.48. The highest BCUT2D eigenvalue weighted by Gasteiger charge is 2.35. The van der Waals surface area contributed by atoms with Gasteiger partial charge in [0.05, 0.1) is 25.3 Å². The van der Waals surface area contributed by atoms with E-state index in [0.717, 1.165) is 31.5 Å². The molecule has 1 aromatic carbocycles. The summed E-state index contributed by atoms with van der Waals surface area (Å²) in [5.74, 6) is 0.196. The third kappa shape index (κ3) is 4.65. The molecule has 1 saturated heterocycles. The Morgan fingerprint density at radius 1 is 1.18 bits per heavy atom. The van der Waals surface area contributed by atoms with Crippen LogP contribution in [0.3, 0.4) is 0 Å². The normalized spacial score (nSPS) is 20.8. The number of hydrogen-bond acceptors (Lipinski definition) is 5. The van der Waals surface area contributed by atoms with Gasteiger partial charge < -0.3 is 20.1 Å². The maximum absolute atomic E-state index is 12.7. The molecular formula is C21H29N3O4. The molecule has 28 heavy (non-hydrogen) atoms. The monoisotopic (exact) mass is 387 g/mol. The number of para-hydroxylation sites is 1. The highest BCUT2D eigenvalue weighted by Crippen LogP contribution is 2.34. The molecule has 2 amide bonds. The first-order chi connectivity index (χ1) is 13.6. The third-order valence-electron chi connectivity index (χ3n) is 5.17. The van der Waals surface area contributed by atoms with E-state index in [2.05, 4.69) is 15.5 Å². The number of esters is 1. The van der Waals surface area contributed by atoms with Crippen LogP contribution in [0.15, 0.2) is 35.5 Å². The van der Waals surface area contributed by atoms with Crippen molar-refractivity contribution in [2.75, 3.05) is 33.4 Å². The second-order valence-electron chi connectivity index (χ2n) is 7.08. The van der Waals surface area contributed by atoms with Gasteiger partial charge in [0.1, 0.15) is 5.75 Å². The topological polar surface area (TPSA) is 79.9 Å². The second-order valence-corrected chi connectivity index (χ2v) is 7.08. The van der Waals surface area contributed by atoms with E-state index in [9.17, 15) is 9.59 Å². The van der Waals surface area contributed by atoms with E-state index in [0.29, 0.717) is 30.2 Å². The average Bonchev–Trinajstić information content (AvgIpc) is 2.96. The van der Waals surface area contributed by atoms with Crippen LogP contribution in [0.2, 0.25) is 0 Å². The maximum atomic E-state index is 12.7. The van der Waals surface area contributed by atoms with Gasteiger partial charge in [0.25, 0.3) is 0 Å². The van der Waals surface area contributed by atoms with E-state index in [1.165, 1.54) is 20.0 Å². The van der Waals surface area contributed by atoms with Crippen molar-refractivity contribution >= 4 is 12.0 Å². The van der Waals surface area contributed by atoms with Crippen LogP contribution in [-0.2, 0) is 9.53 Å². The van der Waals surface area contributed by atoms with Crippen molar-refractivity contribution in [3.8, 4) is 5.75 Å². The Kier molecular flexibility index (Phi) is 6.92. The van der Waals surface area contributed by atoms with Gasteiger partial charge in [-0.15, -0.1) is 0 Å². The number of ether oxygens (including phenoxy) is 2. The summed E-state index contributed by atoms with van der Waals surface area (Å²) >= 11 is 0. The van der Waals surface area contributed by atoms with Crippen molar-refractivity contribution in [3.63, 3.8) is 0 Å². The van der Waals surface area contributed by atoms with Crippen LogP contribution in [0.5, 0.6) is 5.75 Å². The van der Waals surface area contributed by atoms with E-state index in [4.69, 9.17) is 9.47 Å². The minimum atomic E-state index is -0.620. The fraction of sp³-hybridized carbons (Fsp3) is 0.524. The van der Waals surface area contributed by atoms with Gasteiger partial charge in [0, 0.05) is 17.8 Å². The minimum absolute atomic E-state index is 0.325. The van der Waals surface area contributed by atoms with Crippen LogP contribution in [0.4, 0.5) is 4.79 Å². The molecule has 1 aromatic rings. The molecule has 0 unspecified atom stereocenters. The van der Waals surface area contributed by atoms with E-state index >= 15 is 0 Å². The van der Waals surface area contributed by atoms with Crippen molar-refractivity contribution in [1.82, 2.24) is 15.5 Å². The number of urea groups is 1. The summed E-state index contributed by atoms with van der Waals surface area (Å²) in [6.07, 6.45) is 4.70. The third-order valence-corrected chi connectivity index (χ3v) is 5.17. The Labute approximate surface area is 166 Å². The lowest BCUT2D eigenvalue weighted by atomic mass is 9.94. The molecule has 0 bridgehead atoms. The molecule has 7 heteroatoms. The summed E-state index contributed by atoms with van der Waals surface area (Å²) in [5.41, 5.74) is 1.78. The highest BCUT2D eigenvalue weighted by molar-refractivity contribution is 5.95. The summed E-state index contributed by atoms with van der Waals surface area (Å²) in [4.78, 5) is 27.4. The van der Waals surface area contributed by atoms with Gasteiger partial charge in [-0.1, -0.05) is 31.0 Å². The van der Waals surface area contributed by atoms with Gasteiger partial charge in [-0.25, -0.2) is 9.59 Å². The van der Waals surface area contributed by atoms with Crippen molar-refractivity contribution in [1.29, 1.82) is 0 Å². The average molecular weight is 387 g/mol. The van der Waals surface area contributed by atoms with Crippen LogP contribution in [-0.4, -0.2) is 50.3 Å². The summed E-state index contributed by atoms with van der Waals surface area (Å²) < 4.78 is 10.8. The number of carbonyl (C=O) groups excluding carboxylic acids is 2. The Hall–Kier alpha value is -2.54. The Balaban J connectivity index is 2.00. The number of hydrogen-bond donors (Lipinski definition) is 2. The molecule has 2 N–H and O–H groups in total. The highest BCUT2D eigenvalue weighted by atomic mass is 16.5. The van der Waals surface area contributed by atoms with Gasteiger partial charge in [0.2, 0.25) is 0 Å². The fourth-order valence-electron chi connectivity index (χ4n) is 3.85. The SMILES string of the molecule is CCOc1ccccc1[C@@H]1NC(=O)NC(CN2CCCCCC2)=C1C(=O)OC. The first-order valence-corrected chi connectivity index (χ1v) is 9.97. The van der Waals surface area contributed by atoms with Crippen molar-refractivity contribution in [3.05, 3.63) is 41.1 Å². The van der Waals surface area contributed by atoms with Gasteiger partial charge in [-0.05, 0) is 38.9 Å². The van der Waals surface area contributed by atoms with E-state index < -0.39 is 12.0 Å². The number of nitrogens with one attached hydrogen (secondary N) is 2. The predicted molar refractivity (Wildman–Crippen MR) is 106 cm³/mol. The zero-order valence-electron chi connectivity index (χ0n) is 16.6. The van der Waals surface area contributed by atoms with Crippen LogP contribution in [0.1, 0.15) is 44.2 Å². The van der Waals surface area contributed by atoms with Crippen molar-refractivity contribution in [2.24, 2.45) is 0 Å². The van der Waals surface area contributed by atoms with Crippen molar-refractivity contribution < 1.29 is 19.1 Å². The van der Waals surface area contributed by atoms with Crippen molar-refractivity contribution in [2.45, 2.75) is 38.6 Å². The van der Waals surface area contributed by atoms with Gasteiger partial charge in [0.15, 0.2) is 0 Å². The molecule has 0 radical (unpaired) electrons. The van der Waals surface area contributed by atoms with Gasteiger partial charge in [-0.2, -0.15) is 0 Å². The molecule has 2 aliphatic rings. The maximum Gasteiger partial charge on any atom is 0.338 e. The van der Waals surface area contributed by atoms with E-state index in [1.54, 1.807) is 0 Å². The molecular weight excluding hydrogens is 358 g/mol. The first-order valence-electron chi connectivity index (χ1n) is 9.97. The number of amides is 2. The standard InChI is InChI=1S/C21H29N3O4/c1-3-28-17-11-7-6-10-15(17)19-18(20(25)27-2)16(22-21(26)23-19)14-24-12-8-4-5-9-13-24/h6-7,10-11,19H,3-5,8-9,12-14H2,1-2H3,(H2,22,23,26)/t19-/m0/s1. The molecule has 1 atom stereocenters. The first kappa shape index (κ1) is 20.2. The zero-order valence-corrected chi connectivity index (χ0v) is 16.6. The summed E-state index contributed by atoms with van der Waals surface area (Å²) in [7, 11) is 1.36. The summed E-state index contributed by atoms with van der Waals surface area (Å²) in [5, 5.41) is 5.72. The number of likely N-dealkylation sites (tertiary alicyclic amines) is 1. The molecule has 0 aromatic heterocycles. The van der Waals surface area contributed by atoms with Crippen LogP contribution in [0.25, 0.3) is 0 Å². The predicted octanol–water partition coefficient (Wildman–Crippen LogP) is 2.74. The quantitative estimate of drug-likeness (QED) is 0.734. The number of methoxy groups -OCH3 is 1. The molecule has 1 fully saturated rings. The lowest BCUT2D eigenvalue weighted by Gasteiger charge is -2.32. The Bertz CT molecular complexity index is 739. The van der Waals surface area contributed by atoms with Crippen LogP contribution >= 0.6 is 0 Å². The minimum Gasteiger partial charge on any atom is -0.494 e. The molecule has 0 aliphatic carbocycles. The molecule has 0 spiro atoms. The lowest BCUT2D eigenvalue weighted by molar-refractivity contribution is -0.136. The fourth-order valence-corrected chi connectivity index (χ4v) is 3.85. The molecule has 2 heterocycles. The van der Waals surface area contributed by atoms with Gasteiger partial charge in [-0.3, -0.25) is 4.90 Å². The molecule has 0 saturated carbocycles. The Morgan fingerprint density at radius 3 is 2.57 bits per heavy atom. The number of benzene rings is 1. The second kappa shape index (κ2) is 9.59. The smallest absolute Gasteiger partial charge is 0.338 e. The molecule has 7 nitrogen and oxygen atoms in total. The number of nitrogens with zero attached hydrogens (tertiary/aromatic N) is 1. The van der Waals surface area contributed by atoms with Crippen LogP contribution in [0, 0.1) is 0 Å². The van der Waals surface area contributed by atoms with E-state index in [1.807, 2.05) is 31.2 Å². The molecule has 2 aliphatic heterocycles. The van der Waals surface area contributed by atoms with Gasteiger partial charge >= 0.3 is 12.0 Å². The number of carbonyl (C=O) groups is 2. The molecule has 3 rings (SSSR count). The van der Waals surface area contributed by atoms with Crippen LogP contribution < -0.4 is 15.4 Å². The largest absolute Gasteiger partial charge is 0.494 e.